The number of nitrogens with zero attached hydrogens (tertiary/aromatic N) is 3. The highest BCUT2D eigenvalue weighted by Crippen LogP contribution is 2.38. The highest BCUT2D eigenvalue weighted by molar-refractivity contribution is 5.97. The second-order valence-electron chi connectivity index (χ2n) is 5.39. The first kappa shape index (κ1) is 16.7. The van der Waals surface area contributed by atoms with Gasteiger partial charge in [0.15, 0.2) is 0 Å². The summed E-state index contributed by atoms with van der Waals surface area (Å²) < 4.78 is 10.6. The minimum Gasteiger partial charge on any atom is -0.480 e. The van der Waals surface area contributed by atoms with Gasteiger partial charge in [-0.05, 0) is 12.1 Å². The number of methoxy groups -OCH3 is 2. The summed E-state index contributed by atoms with van der Waals surface area (Å²) in [6.45, 7) is 0. The maximum absolute atomic E-state index is 10.5. The number of anilines is 1. The lowest BCUT2D eigenvalue weighted by Gasteiger charge is -2.10. The van der Waals surface area contributed by atoms with Crippen molar-refractivity contribution in [2.45, 2.75) is 19.3 Å². The van der Waals surface area contributed by atoms with E-state index in [1.165, 1.54) is 39.8 Å². The molecule has 0 unspecified atom stereocenters. The molecule has 0 atom stereocenters. The molecule has 8 heteroatoms. The predicted octanol–water partition coefficient (Wildman–Crippen LogP) is 2.78. The molecule has 1 saturated carbocycles. The molecule has 3 aromatic heterocycles. The zero-order chi connectivity index (χ0) is 17.6. The average Bonchev–Trinajstić information content (AvgIpc) is 3.48. The van der Waals surface area contributed by atoms with Gasteiger partial charge in [0.1, 0.15) is 23.4 Å². The van der Waals surface area contributed by atoms with Crippen LogP contribution in [0.4, 0.5) is 5.82 Å². The quantitative estimate of drug-likeness (QED) is 0.692. The lowest BCUT2D eigenvalue weighted by atomic mass is 10.1. The van der Waals surface area contributed by atoms with Gasteiger partial charge in [0.2, 0.25) is 18.2 Å². The summed E-state index contributed by atoms with van der Waals surface area (Å²) >= 11 is 0. The number of aromatic amines is 1. The lowest BCUT2D eigenvalue weighted by molar-refractivity contribution is -0.105. The summed E-state index contributed by atoms with van der Waals surface area (Å²) in [6.07, 6.45) is 8.22. The third-order valence-corrected chi connectivity index (χ3v) is 3.53. The molecule has 1 amide bonds. The van der Waals surface area contributed by atoms with Gasteiger partial charge in [0.25, 0.3) is 0 Å². The van der Waals surface area contributed by atoms with Gasteiger partial charge in [-0.3, -0.25) is 4.79 Å². The van der Waals surface area contributed by atoms with E-state index in [9.17, 15) is 4.79 Å². The second-order valence-corrected chi connectivity index (χ2v) is 5.39. The highest BCUT2D eigenvalue weighted by atomic mass is 16.5. The molecule has 25 heavy (non-hydrogen) atoms. The summed E-state index contributed by atoms with van der Waals surface area (Å²) in [4.78, 5) is 26.1. The van der Waals surface area contributed by atoms with Crippen LogP contribution < -0.4 is 14.8 Å². The van der Waals surface area contributed by atoms with Crippen LogP contribution in [-0.2, 0) is 4.79 Å². The molecular weight excluding hydrogens is 322 g/mol. The van der Waals surface area contributed by atoms with E-state index in [4.69, 9.17) is 9.47 Å². The van der Waals surface area contributed by atoms with Crippen molar-refractivity contribution in [3.05, 3.63) is 24.7 Å². The summed E-state index contributed by atoms with van der Waals surface area (Å²) in [5.41, 5.74) is 2.06. The molecule has 0 spiro atoms. The summed E-state index contributed by atoms with van der Waals surface area (Å²) in [6, 6.07) is 3.54. The van der Waals surface area contributed by atoms with Crippen molar-refractivity contribution < 1.29 is 14.3 Å². The van der Waals surface area contributed by atoms with Crippen LogP contribution in [0.2, 0.25) is 0 Å². The van der Waals surface area contributed by atoms with Crippen molar-refractivity contribution >= 4 is 23.3 Å². The zero-order valence-electron chi connectivity index (χ0n) is 14.1. The molecule has 0 radical (unpaired) electrons. The first-order valence-corrected chi connectivity index (χ1v) is 7.90. The number of hydrogen-bond acceptors (Lipinski definition) is 6. The molecule has 4 rings (SSSR count). The van der Waals surface area contributed by atoms with Crippen molar-refractivity contribution in [3.8, 4) is 22.9 Å². The number of aromatic nitrogens is 4. The number of H-pyrrole nitrogens is 1. The topological polar surface area (TPSA) is 102 Å². The number of ether oxygens (including phenoxy) is 2. The van der Waals surface area contributed by atoms with Crippen LogP contribution >= 0.6 is 0 Å². The molecule has 1 aliphatic rings. The maximum Gasteiger partial charge on any atom is 0.228 e. The molecule has 0 saturated heterocycles. The normalized spacial score (nSPS) is 12.1. The van der Waals surface area contributed by atoms with E-state index in [1.807, 2.05) is 6.07 Å². The molecule has 130 valence electrons. The Bertz CT molecular complexity index is 851. The van der Waals surface area contributed by atoms with Crippen molar-refractivity contribution in [1.29, 1.82) is 0 Å². The van der Waals surface area contributed by atoms with Gasteiger partial charge in [0, 0.05) is 17.1 Å². The molecular formula is C17H19N5O3. The number of hydrogen-bond donors (Lipinski definition) is 2. The van der Waals surface area contributed by atoms with Gasteiger partial charge in [-0.25, -0.2) is 15.0 Å². The van der Waals surface area contributed by atoms with Crippen LogP contribution in [0.15, 0.2) is 24.7 Å². The first-order valence-electron chi connectivity index (χ1n) is 7.90. The third-order valence-electron chi connectivity index (χ3n) is 3.53. The molecule has 3 aromatic rings. The standard InChI is InChI=1S/C14H13N5O3.C3H6/c1-21-13-11(14(22-2)17-6-16-13)9-5-15-12-8(9)3-4-10(19-12)18-7-20;1-2-3-1/h3-7H,1-2H3,(H2,15,18,19,20);1-3H2. The summed E-state index contributed by atoms with van der Waals surface area (Å²) in [7, 11) is 3.06. The Morgan fingerprint density at radius 1 is 1.12 bits per heavy atom. The van der Waals surface area contributed by atoms with E-state index >= 15 is 0 Å². The average molecular weight is 341 g/mol. The largest absolute Gasteiger partial charge is 0.480 e. The van der Waals surface area contributed by atoms with Crippen LogP contribution in [-0.4, -0.2) is 40.6 Å². The molecule has 0 bridgehead atoms. The molecule has 8 nitrogen and oxygen atoms in total. The van der Waals surface area contributed by atoms with Crippen LogP contribution in [0.1, 0.15) is 19.3 Å². The van der Waals surface area contributed by atoms with Crippen LogP contribution in [0, 0.1) is 0 Å². The fourth-order valence-electron chi connectivity index (χ4n) is 2.25. The number of nitrogens with one attached hydrogen (secondary N) is 2. The summed E-state index contributed by atoms with van der Waals surface area (Å²) in [5.74, 6) is 1.27. The van der Waals surface area contributed by atoms with Gasteiger partial charge in [-0.1, -0.05) is 19.3 Å². The fraction of sp³-hybridized carbons (Fsp3) is 0.294. The van der Waals surface area contributed by atoms with E-state index < -0.39 is 0 Å². The Kier molecular flexibility index (Phi) is 5.08. The van der Waals surface area contributed by atoms with Crippen LogP contribution in [0.3, 0.4) is 0 Å². The zero-order valence-corrected chi connectivity index (χ0v) is 14.1. The Hall–Kier alpha value is -3.16. The molecule has 2 N–H and O–H groups in total. The van der Waals surface area contributed by atoms with Gasteiger partial charge in [-0.2, -0.15) is 0 Å². The van der Waals surface area contributed by atoms with Gasteiger partial charge < -0.3 is 19.8 Å². The molecule has 0 aromatic carbocycles. The number of carbonyl (C=O) groups excluding carboxylic acids is 1. The Morgan fingerprint density at radius 2 is 1.80 bits per heavy atom. The van der Waals surface area contributed by atoms with Crippen LogP contribution in [0.5, 0.6) is 11.8 Å². The van der Waals surface area contributed by atoms with E-state index in [0.717, 1.165) is 10.9 Å². The second kappa shape index (κ2) is 7.61. The molecule has 1 fully saturated rings. The lowest BCUT2D eigenvalue weighted by Crippen LogP contribution is -1.98. The van der Waals surface area contributed by atoms with E-state index in [2.05, 4.69) is 25.3 Å². The van der Waals surface area contributed by atoms with Gasteiger partial charge in [-0.15, -0.1) is 0 Å². The van der Waals surface area contributed by atoms with Crippen LogP contribution in [0.25, 0.3) is 22.2 Å². The maximum atomic E-state index is 10.5. The predicted molar refractivity (Wildman–Crippen MR) is 93.8 cm³/mol. The smallest absolute Gasteiger partial charge is 0.228 e. The minimum atomic E-state index is 0.405. The van der Waals surface area contributed by atoms with Gasteiger partial charge >= 0.3 is 0 Å². The Morgan fingerprint density at radius 3 is 2.36 bits per heavy atom. The number of rotatable bonds is 5. The SMILES string of the molecule is C1CC1.COc1ncnc(OC)c1-c1c[nH]c2nc(NC=O)ccc12. The number of fused-ring (bicyclic) bond motifs is 1. The van der Waals surface area contributed by atoms with Gasteiger partial charge in [0.05, 0.1) is 14.2 Å². The Balaban J connectivity index is 0.000000549. The monoisotopic (exact) mass is 341 g/mol. The third kappa shape index (κ3) is 3.68. The molecule has 1 aliphatic carbocycles. The molecule has 0 aliphatic heterocycles. The minimum absolute atomic E-state index is 0.405. The van der Waals surface area contributed by atoms with E-state index in [0.29, 0.717) is 35.2 Å². The number of pyridine rings is 1. The highest BCUT2D eigenvalue weighted by Gasteiger charge is 2.19. The van der Waals surface area contributed by atoms with Crippen molar-refractivity contribution in [2.75, 3.05) is 19.5 Å². The van der Waals surface area contributed by atoms with Crippen molar-refractivity contribution in [2.24, 2.45) is 0 Å². The number of carbonyl (C=O) groups is 1. The first-order chi connectivity index (χ1) is 12.3. The van der Waals surface area contributed by atoms with Crippen molar-refractivity contribution in [3.63, 3.8) is 0 Å². The van der Waals surface area contributed by atoms with E-state index in [1.54, 1.807) is 12.3 Å². The molecule has 3 heterocycles. The fourth-order valence-corrected chi connectivity index (χ4v) is 2.25. The number of amides is 1. The summed E-state index contributed by atoms with van der Waals surface area (Å²) in [5, 5.41) is 3.34. The van der Waals surface area contributed by atoms with E-state index in [-0.39, 0.29) is 0 Å². The van der Waals surface area contributed by atoms with Crippen molar-refractivity contribution in [1.82, 2.24) is 19.9 Å². The Labute approximate surface area is 144 Å².